The predicted octanol–water partition coefficient (Wildman–Crippen LogP) is 9.21. The zero-order valence-electron chi connectivity index (χ0n) is 24.2. The summed E-state index contributed by atoms with van der Waals surface area (Å²) in [5.41, 5.74) is 9.71. The van der Waals surface area contributed by atoms with Crippen molar-refractivity contribution in [2.24, 2.45) is 0 Å². The van der Waals surface area contributed by atoms with Gasteiger partial charge in [0.05, 0.1) is 5.41 Å². The Hall–Kier alpha value is -2.58. The van der Waals surface area contributed by atoms with E-state index < -0.39 is 0 Å². The Morgan fingerprint density at radius 1 is 0.921 bits per heavy atom. The van der Waals surface area contributed by atoms with Crippen LogP contribution in [0.3, 0.4) is 0 Å². The highest BCUT2D eigenvalue weighted by Crippen LogP contribution is 2.47. The van der Waals surface area contributed by atoms with Gasteiger partial charge in [0, 0.05) is 52.8 Å². The van der Waals surface area contributed by atoms with Gasteiger partial charge in [-0.3, -0.25) is 0 Å². The van der Waals surface area contributed by atoms with Crippen molar-refractivity contribution in [1.29, 1.82) is 0 Å². The van der Waals surface area contributed by atoms with Crippen LogP contribution >= 0.6 is 11.6 Å². The minimum atomic E-state index is -0.0155. The molecule has 2 aromatic rings. The Morgan fingerprint density at radius 2 is 1.63 bits per heavy atom. The summed E-state index contributed by atoms with van der Waals surface area (Å²) in [6, 6.07) is 18.3. The average Bonchev–Trinajstić information content (AvgIpc) is 3.43. The predicted molar refractivity (Wildman–Crippen MR) is 164 cm³/mol. The van der Waals surface area contributed by atoms with Gasteiger partial charge in [0.25, 0.3) is 0 Å². The lowest BCUT2D eigenvalue weighted by molar-refractivity contribution is -0.437. The van der Waals surface area contributed by atoms with E-state index in [-0.39, 0.29) is 10.8 Å². The maximum absolute atomic E-state index is 7.05. The van der Waals surface area contributed by atoms with E-state index >= 15 is 0 Å². The quantitative estimate of drug-likeness (QED) is 0.310. The smallest absolute Gasteiger partial charge is 0.209 e. The van der Waals surface area contributed by atoms with Gasteiger partial charge in [0.2, 0.25) is 5.69 Å². The zero-order valence-corrected chi connectivity index (χ0v) is 24.9. The molecule has 0 saturated carbocycles. The van der Waals surface area contributed by atoms with E-state index in [9.17, 15) is 0 Å². The SMILES string of the molecule is CCCN1c2ccccc2C(C)(C)C1C/C=C1\CCC(/C=C/C2=[N+](CCC)c3ccccc3C2(C)C)=C1Cl. The second-order valence-electron chi connectivity index (χ2n) is 12.3. The number of nitrogens with zero attached hydrogens (tertiary/aromatic N) is 2. The fraction of sp³-hybridized carbons (Fsp3) is 0.457. The first-order chi connectivity index (χ1) is 18.2. The molecule has 0 aromatic heterocycles. The van der Waals surface area contributed by atoms with E-state index in [0.717, 1.165) is 50.2 Å². The van der Waals surface area contributed by atoms with Gasteiger partial charge in [-0.15, -0.1) is 0 Å². The highest BCUT2D eigenvalue weighted by atomic mass is 35.5. The fourth-order valence-electron chi connectivity index (χ4n) is 7.03. The van der Waals surface area contributed by atoms with E-state index in [1.54, 1.807) is 0 Å². The number of benzene rings is 2. The van der Waals surface area contributed by atoms with Gasteiger partial charge >= 0.3 is 0 Å². The number of para-hydroxylation sites is 2. The summed E-state index contributed by atoms with van der Waals surface area (Å²) in [6.45, 7) is 16.2. The van der Waals surface area contributed by atoms with Crippen LogP contribution in [-0.2, 0) is 10.8 Å². The summed E-state index contributed by atoms with van der Waals surface area (Å²) in [4.78, 5) is 2.64. The third-order valence-electron chi connectivity index (χ3n) is 9.09. The maximum Gasteiger partial charge on any atom is 0.209 e. The summed E-state index contributed by atoms with van der Waals surface area (Å²) in [6.07, 6.45) is 12.4. The normalized spacial score (nSPS) is 22.8. The second-order valence-corrected chi connectivity index (χ2v) is 12.6. The minimum absolute atomic E-state index is 0.0155. The van der Waals surface area contributed by atoms with Crippen LogP contribution in [0, 0.1) is 0 Å². The Bertz CT molecular complexity index is 1340. The van der Waals surface area contributed by atoms with Crippen LogP contribution in [0.4, 0.5) is 11.4 Å². The van der Waals surface area contributed by atoms with Crippen molar-refractivity contribution in [2.45, 2.75) is 90.5 Å². The molecule has 2 heterocycles. The highest BCUT2D eigenvalue weighted by molar-refractivity contribution is 6.33. The van der Waals surface area contributed by atoms with Crippen LogP contribution in [0.5, 0.6) is 0 Å². The van der Waals surface area contributed by atoms with Gasteiger partial charge in [-0.25, -0.2) is 0 Å². The topological polar surface area (TPSA) is 6.25 Å². The third-order valence-corrected chi connectivity index (χ3v) is 9.57. The number of rotatable bonds is 8. The molecule has 3 aliphatic rings. The Labute approximate surface area is 235 Å². The first-order valence-electron chi connectivity index (χ1n) is 14.6. The van der Waals surface area contributed by atoms with Gasteiger partial charge < -0.3 is 4.90 Å². The number of halogens is 1. The van der Waals surface area contributed by atoms with Crippen molar-refractivity contribution >= 4 is 28.7 Å². The molecule has 5 rings (SSSR count). The van der Waals surface area contributed by atoms with E-state index in [4.69, 9.17) is 11.6 Å². The Balaban J connectivity index is 1.40. The lowest BCUT2D eigenvalue weighted by Crippen LogP contribution is -2.41. The van der Waals surface area contributed by atoms with Gasteiger partial charge in [0.1, 0.15) is 6.54 Å². The monoisotopic (exact) mass is 527 g/mol. The molecule has 2 aromatic carbocycles. The van der Waals surface area contributed by atoms with Gasteiger partial charge in [-0.1, -0.05) is 87.8 Å². The van der Waals surface area contributed by atoms with Gasteiger partial charge in [-0.2, -0.15) is 4.58 Å². The first-order valence-corrected chi connectivity index (χ1v) is 15.0. The van der Waals surface area contributed by atoms with E-state index in [0.29, 0.717) is 6.04 Å². The summed E-state index contributed by atoms with van der Waals surface area (Å²) >= 11 is 7.05. The molecule has 0 saturated heterocycles. The zero-order chi connectivity index (χ0) is 27.1. The highest BCUT2D eigenvalue weighted by Gasteiger charge is 2.44. The van der Waals surface area contributed by atoms with Crippen molar-refractivity contribution < 1.29 is 4.58 Å². The molecule has 0 bridgehead atoms. The largest absolute Gasteiger partial charge is 0.367 e. The van der Waals surface area contributed by atoms with Crippen LogP contribution in [0.25, 0.3) is 0 Å². The van der Waals surface area contributed by atoms with Gasteiger partial charge in [0.15, 0.2) is 5.71 Å². The molecule has 2 aliphatic heterocycles. The van der Waals surface area contributed by atoms with Crippen LogP contribution < -0.4 is 4.90 Å². The number of hydrogen-bond donors (Lipinski definition) is 0. The molecule has 0 spiro atoms. The molecule has 1 aliphatic carbocycles. The lowest BCUT2D eigenvalue weighted by atomic mass is 9.79. The fourth-order valence-corrected chi connectivity index (χ4v) is 7.36. The van der Waals surface area contributed by atoms with E-state index in [1.165, 1.54) is 39.4 Å². The Morgan fingerprint density at radius 3 is 2.37 bits per heavy atom. The lowest BCUT2D eigenvalue weighted by Gasteiger charge is -2.34. The molecule has 0 fully saturated rings. The van der Waals surface area contributed by atoms with E-state index in [2.05, 4.69) is 118 Å². The van der Waals surface area contributed by atoms with Crippen LogP contribution in [-0.4, -0.2) is 29.4 Å². The van der Waals surface area contributed by atoms with E-state index in [1.807, 2.05) is 0 Å². The number of fused-ring (bicyclic) bond motifs is 2. The first kappa shape index (κ1) is 27.0. The number of hydrogen-bond acceptors (Lipinski definition) is 1. The Kier molecular flexibility index (Phi) is 7.48. The van der Waals surface area contributed by atoms with Crippen molar-refractivity contribution in [3.63, 3.8) is 0 Å². The molecule has 0 amide bonds. The standard InChI is InChI=1S/C35H44ClN2/c1-7-23-37-29-15-11-9-13-27(29)34(3,4)31(37)21-19-25-17-18-26(33(25)36)20-22-32-35(5,6)28-14-10-12-16-30(28)38(32)24-8-2/h9-16,19-21,32H,7-8,17-18,22-24H2,1-6H3/q+1/b21-19+,26-20+. The second kappa shape index (κ2) is 10.5. The molecule has 3 heteroatoms. The number of allylic oxidation sites excluding steroid dienone is 5. The molecule has 38 heavy (non-hydrogen) atoms. The molecule has 0 N–H and O–H groups in total. The van der Waals surface area contributed by atoms with Crippen molar-refractivity contribution in [2.75, 3.05) is 18.0 Å². The van der Waals surface area contributed by atoms with Crippen LogP contribution in [0.2, 0.25) is 0 Å². The average molecular weight is 528 g/mol. The number of anilines is 1. The van der Waals surface area contributed by atoms with Gasteiger partial charge in [-0.05, 0) is 62.3 Å². The molecule has 1 atom stereocenters. The molecular weight excluding hydrogens is 484 g/mol. The molecule has 1 unspecified atom stereocenters. The summed E-state index contributed by atoms with van der Waals surface area (Å²) in [5, 5.41) is 0.965. The molecule has 0 radical (unpaired) electrons. The van der Waals surface area contributed by atoms with Crippen molar-refractivity contribution in [3.8, 4) is 0 Å². The molecule has 2 nitrogen and oxygen atoms in total. The van der Waals surface area contributed by atoms with Crippen molar-refractivity contribution in [1.82, 2.24) is 0 Å². The summed E-state index contributed by atoms with van der Waals surface area (Å²) < 4.78 is 2.51. The molecular formula is C35H44ClN2+. The van der Waals surface area contributed by atoms with Crippen molar-refractivity contribution in [3.05, 3.63) is 94.1 Å². The maximum atomic E-state index is 7.05. The summed E-state index contributed by atoms with van der Waals surface area (Å²) in [5.74, 6) is 0. The van der Waals surface area contributed by atoms with Crippen LogP contribution in [0.15, 0.2) is 82.9 Å². The third kappa shape index (κ3) is 4.49. The summed E-state index contributed by atoms with van der Waals surface area (Å²) in [7, 11) is 0. The minimum Gasteiger partial charge on any atom is -0.367 e. The molecule has 200 valence electrons. The van der Waals surface area contributed by atoms with Crippen LogP contribution in [0.1, 0.15) is 84.8 Å².